The SMILES string of the molecule is COc1cc(-c2ccc(C(CC=C(C)C)C(=O)C(F)(F)F)c(F)c2)c(OC)c(OS(C)(=O)=O)c1-c1ccc(OCC=C(C)C)c(OS(C)(=O)=O)c1. The summed E-state index contributed by atoms with van der Waals surface area (Å²) in [6, 6.07) is 8.61. The van der Waals surface area contributed by atoms with Gasteiger partial charge < -0.3 is 22.6 Å². The Hall–Kier alpha value is -4.57. The van der Waals surface area contributed by atoms with Gasteiger partial charge in [0.2, 0.25) is 5.78 Å². The standard InChI is InChI=1S/C35H38F4O10S2/c1-20(2)9-12-25(34(40)35(37,38)39)24-13-10-22(17-27(24)36)26-19-30(45-5)31(33(32(26)46-6)49-51(8,43)44)23-11-14-28(47-16-15-21(3)4)29(18-23)48-50(7,41)42/h9-11,13-15,17-19,25H,12,16H2,1-8H3. The number of methoxy groups -OCH3 is 2. The molecule has 278 valence electrons. The van der Waals surface area contributed by atoms with Crippen LogP contribution >= 0.6 is 0 Å². The van der Waals surface area contributed by atoms with Crippen molar-refractivity contribution in [3.05, 3.63) is 77.1 Å². The van der Waals surface area contributed by atoms with Crippen molar-refractivity contribution in [1.29, 1.82) is 0 Å². The average Bonchev–Trinajstić information content (AvgIpc) is 2.99. The number of benzene rings is 3. The molecule has 0 amide bonds. The highest BCUT2D eigenvalue weighted by atomic mass is 32.2. The lowest BCUT2D eigenvalue weighted by atomic mass is 9.88. The molecule has 0 fully saturated rings. The second kappa shape index (κ2) is 16.2. The molecule has 3 aromatic rings. The molecular weight excluding hydrogens is 721 g/mol. The lowest BCUT2D eigenvalue weighted by Crippen LogP contribution is -2.29. The second-order valence-corrected chi connectivity index (χ2v) is 15.0. The topological polar surface area (TPSA) is 132 Å². The average molecular weight is 759 g/mol. The number of Topliss-reactive ketones (excluding diaryl/α,β-unsaturated/α-hetero) is 1. The van der Waals surface area contributed by atoms with E-state index in [1.54, 1.807) is 19.9 Å². The fraction of sp³-hybridized carbons (Fsp3) is 0.343. The van der Waals surface area contributed by atoms with Gasteiger partial charge in [-0.2, -0.15) is 30.0 Å². The Morgan fingerprint density at radius 1 is 0.765 bits per heavy atom. The number of hydrogen-bond donors (Lipinski definition) is 0. The molecule has 0 radical (unpaired) electrons. The first-order valence-electron chi connectivity index (χ1n) is 15.1. The monoisotopic (exact) mass is 758 g/mol. The number of allylic oxidation sites excluding steroid dienone is 3. The molecule has 0 N–H and O–H groups in total. The van der Waals surface area contributed by atoms with E-state index in [0.29, 0.717) is 5.57 Å². The number of alkyl halides is 3. The van der Waals surface area contributed by atoms with E-state index >= 15 is 4.39 Å². The molecule has 3 rings (SSSR count). The Bertz CT molecular complexity index is 2060. The zero-order valence-corrected chi connectivity index (χ0v) is 30.7. The molecule has 0 spiro atoms. The van der Waals surface area contributed by atoms with Crippen LogP contribution in [0.25, 0.3) is 22.3 Å². The van der Waals surface area contributed by atoms with Crippen molar-refractivity contribution in [3.63, 3.8) is 0 Å². The summed E-state index contributed by atoms with van der Waals surface area (Å²) in [5.74, 6) is -6.11. The van der Waals surface area contributed by atoms with Crippen molar-refractivity contribution in [2.75, 3.05) is 33.3 Å². The van der Waals surface area contributed by atoms with Crippen molar-refractivity contribution in [3.8, 4) is 51.0 Å². The van der Waals surface area contributed by atoms with Gasteiger partial charge in [-0.05, 0) is 81.1 Å². The first-order valence-corrected chi connectivity index (χ1v) is 18.7. The zero-order valence-electron chi connectivity index (χ0n) is 29.1. The molecule has 1 atom stereocenters. The molecule has 0 aliphatic rings. The van der Waals surface area contributed by atoms with Gasteiger partial charge >= 0.3 is 26.4 Å². The molecule has 51 heavy (non-hydrogen) atoms. The summed E-state index contributed by atoms with van der Waals surface area (Å²) >= 11 is 0. The maximum absolute atomic E-state index is 15.7. The minimum absolute atomic E-state index is 0.000480. The van der Waals surface area contributed by atoms with Crippen LogP contribution in [0.1, 0.15) is 45.6 Å². The Morgan fingerprint density at radius 3 is 1.88 bits per heavy atom. The van der Waals surface area contributed by atoms with Gasteiger partial charge in [0, 0.05) is 5.56 Å². The number of halogens is 4. The number of carbonyl (C=O) groups excluding carboxylic acids is 1. The van der Waals surface area contributed by atoms with Crippen molar-refractivity contribution < 1.29 is 61.8 Å². The number of rotatable bonds is 15. The van der Waals surface area contributed by atoms with Crippen LogP contribution in [0, 0.1) is 5.82 Å². The number of hydrogen-bond acceptors (Lipinski definition) is 10. The molecule has 0 bridgehead atoms. The van der Waals surface area contributed by atoms with E-state index in [0.717, 1.165) is 30.2 Å². The van der Waals surface area contributed by atoms with Crippen LogP contribution in [0.3, 0.4) is 0 Å². The van der Waals surface area contributed by atoms with Gasteiger partial charge in [-0.3, -0.25) is 4.79 Å². The number of carbonyl (C=O) groups is 1. The summed E-state index contributed by atoms with van der Waals surface area (Å²) in [5, 5.41) is 0. The van der Waals surface area contributed by atoms with Crippen molar-refractivity contribution in [2.45, 2.75) is 46.2 Å². The smallest absolute Gasteiger partial charge is 0.450 e. The molecule has 10 nitrogen and oxygen atoms in total. The Labute approximate surface area is 294 Å². The maximum atomic E-state index is 15.7. The lowest BCUT2D eigenvalue weighted by molar-refractivity contribution is -0.172. The van der Waals surface area contributed by atoms with E-state index in [2.05, 4.69) is 0 Å². The van der Waals surface area contributed by atoms with Gasteiger partial charge in [0.1, 0.15) is 18.2 Å². The van der Waals surface area contributed by atoms with Gasteiger partial charge in [-0.25, -0.2) is 4.39 Å². The molecule has 0 aliphatic carbocycles. The lowest BCUT2D eigenvalue weighted by Gasteiger charge is -2.22. The normalized spacial score (nSPS) is 12.4. The van der Waals surface area contributed by atoms with E-state index in [-0.39, 0.29) is 51.9 Å². The first-order chi connectivity index (χ1) is 23.6. The molecule has 3 aromatic carbocycles. The molecule has 0 saturated carbocycles. The highest BCUT2D eigenvalue weighted by Gasteiger charge is 2.44. The fourth-order valence-electron chi connectivity index (χ4n) is 4.91. The summed E-state index contributed by atoms with van der Waals surface area (Å²) in [7, 11) is -5.99. The summed E-state index contributed by atoms with van der Waals surface area (Å²) in [6.07, 6.45) is -0.903. The van der Waals surface area contributed by atoms with E-state index in [1.807, 2.05) is 13.8 Å². The van der Waals surface area contributed by atoms with Crippen LogP contribution in [0.15, 0.2) is 65.8 Å². The van der Waals surface area contributed by atoms with E-state index in [4.69, 9.17) is 22.6 Å². The molecule has 0 saturated heterocycles. The van der Waals surface area contributed by atoms with E-state index in [1.165, 1.54) is 50.6 Å². The van der Waals surface area contributed by atoms with E-state index < -0.39 is 61.7 Å². The van der Waals surface area contributed by atoms with Crippen LogP contribution in [0.5, 0.6) is 28.7 Å². The largest absolute Gasteiger partial charge is 0.496 e. The van der Waals surface area contributed by atoms with Gasteiger partial charge in [0.15, 0.2) is 23.0 Å². The minimum atomic E-state index is -5.22. The molecule has 16 heteroatoms. The van der Waals surface area contributed by atoms with Crippen LogP contribution in [0.2, 0.25) is 0 Å². The molecule has 0 aromatic heterocycles. The van der Waals surface area contributed by atoms with Gasteiger partial charge in [0.25, 0.3) is 0 Å². The van der Waals surface area contributed by atoms with Gasteiger partial charge in [-0.15, -0.1) is 0 Å². The number of ketones is 1. The Kier molecular flexibility index (Phi) is 13.0. The fourth-order valence-corrected chi connectivity index (χ4v) is 5.83. The predicted octanol–water partition coefficient (Wildman–Crippen LogP) is 7.77. The summed E-state index contributed by atoms with van der Waals surface area (Å²) in [6.45, 7) is 7.01. The van der Waals surface area contributed by atoms with Crippen molar-refractivity contribution in [1.82, 2.24) is 0 Å². The van der Waals surface area contributed by atoms with Crippen molar-refractivity contribution >= 4 is 26.0 Å². The maximum Gasteiger partial charge on any atom is 0.450 e. The highest BCUT2D eigenvalue weighted by Crippen LogP contribution is 2.52. The quantitative estimate of drug-likeness (QED) is 0.0861. The predicted molar refractivity (Wildman–Crippen MR) is 184 cm³/mol. The van der Waals surface area contributed by atoms with Crippen molar-refractivity contribution in [2.24, 2.45) is 0 Å². The Morgan fingerprint density at radius 2 is 1.37 bits per heavy atom. The zero-order chi connectivity index (χ0) is 38.5. The number of ether oxygens (including phenoxy) is 3. The van der Waals surface area contributed by atoms with Gasteiger partial charge in [-0.1, -0.05) is 35.4 Å². The van der Waals surface area contributed by atoms with Crippen LogP contribution in [0.4, 0.5) is 17.6 Å². The third-order valence-electron chi connectivity index (χ3n) is 7.11. The molecular formula is C35H38F4O10S2. The summed E-state index contributed by atoms with van der Waals surface area (Å²) in [4.78, 5) is 12.3. The minimum Gasteiger partial charge on any atom is -0.496 e. The molecule has 0 heterocycles. The van der Waals surface area contributed by atoms with Gasteiger partial charge in [0.05, 0.1) is 38.2 Å². The highest BCUT2D eigenvalue weighted by molar-refractivity contribution is 7.86. The Balaban J connectivity index is 2.34. The first kappa shape index (κ1) is 40.9. The third-order valence-corrected chi connectivity index (χ3v) is 8.06. The second-order valence-electron chi connectivity index (χ2n) is 11.9. The van der Waals surface area contributed by atoms with Crippen LogP contribution < -0.4 is 22.6 Å². The van der Waals surface area contributed by atoms with E-state index in [9.17, 15) is 34.8 Å². The molecule has 0 aliphatic heterocycles. The third kappa shape index (κ3) is 11.0. The van der Waals surface area contributed by atoms with Crippen LogP contribution in [-0.4, -0.2) is 62.1 Å². The summed E-state index contributed by atoms with van der Waals surface area (Å²) in [5.41, 5.74) is 1.14. The summed E-state index contributed by atoms with van der Waals surface area (Å²) < 4.78 is 133. The van der Waals surface area contributed by atoms with Crippen LogP contribution in [-0.2, 0) is 25.0 Å². The molecule has 1 unspecified atom stereocenters.